The lowest BCUT2D eigenvalue weighted by Gasteiger charge is -2.25. The summed E-state index contributed by atoms with van der Waals surface area (Å²) in [4.78, 5) is 3.50. The molecule has 0 radical (unpaired) electrons. The number of alkyl halides is 3. The van der Waals surface area contributed by atoms with Gasteiger partial charge in [-0.1, -0.05) is 0 Å². The predicted molar refractivity (Wildman–Crippen MR) is 44.1 cm³/mol. The molecule has 0 fully saturated rings. The molecule has 1 aromatic rings. The molecule has 0 spiro atoms. The molecule has 0 aliphatic heterocycles. The number of halogens is 3. The average molecular weight is 211 g/mol. The van der Waals surface area contributed by atoms with Gasteiger partial charge in [0.15, 0.2) is 10.7 Å². The molecule has 3 nitrogen and oxygen atoms in total. The molecule has 7 heteroatoms. The van der Waals surface area contributed by atoms with Gasteiger partial charge >= 0.3 is 6.18 Å². The van der Waals surface area contributed by atoms with Crippen molar-refractivity contribution < 1.29 is 13.2 Å². The molecule has 1 aromatic heterocycles. The molecule has 0 amide bonds. The van der Waals surface area contributed by atoms with Crippen molar-refractivity contribution in [2.75, 3.05) is 5.73 Å². The van der Waals surface area contributed by atoms with Crippen molar-refractivity contribution >= 4 is 16.5 Å². The second-order valence-corrected chi connectivity index (χ2v) is 3.66. The van der Waals surface area contributed by atoms with E-state index in [2.05, 4.69) is 4.98 Å². The summed E-state index contributed by atoms with van der Waals surface area (Å²) >= 11 is 0.934. The van der Waals surface area contributed by atoms with Crippen LogP contribution in [0.15, 0.2) is 5.38 Å². The number of hydrogen-bond acceptors (Lipinski definition) is 4. The first-order valence-electron chi connectivity index (χ1n) is 3.32. The summed E-state index contributed by atoms with van der Waals surface area (Å²) in [5.41, 5.74) is 7.62. The number of hydrogen-bond donors (Lipinski definition) is 2. The molecule has 0 saturated heterocycles. The number of nitrogens with zero attached hydrogens (tertiary/aromatic N) is 1. The normalized spacial score (nSPS) is 17.0. The summed E-state index contributed by atoms with van der Waals surface area (Å²) in [6.45, 7) is 0.863. The van der Waals surface area contributed by atoms with Crippen LogP contribution < -0.4 is 11.5 Å². The van der Waals surface area contributed by atoms with Gasteiger partial charge in [-0.25, -0.2) is 4.98 Å². The zero-order valence-corrected chi connectivity index (χ0v) is 7.54. The molecule has 1 heterocycles. The Kier molecular flexibility index (Phi) is 2.25. The van der Waals surface area contributed by atoms with Gasteiger partial charge in [-0.2, -0.15) is 13.2 Å². The third-order valence-corrected chi connectivity index (χ3v) is 2.32. The Morgan fingerprint density at radius 3 is 2.31 bits per heavy atom. The fourth-order valence-corrected chi connectivity index (χ4v) is 1.35. The van der Waals surface area contributed by atoms with E-state index in [-0.39, 0.29) is 10.8 Å². The Hall–Kier alpha value is -0.820. The van der Waals surface area contributed by atoms with E-state index in [4.69, 9.17) is 11.5 Å². The quantitative estimate of drug-likeness (QED) is 0.739. The summed E-state index contributed by atoms with van der Waals surface area (Å²) < 4.78 is 37.0. The maximum absolute atomic E-state index is 12.3. The fourth-order valence-electron chi connectivity index (χ4n) is 0.671. The van der Waals surface area contributed by atoms with Crippen LogP contribution in [0.25, 0.3) is 0 Å². The van der Waals surface area contributed by atoms with Gasteiger partial charge in [0.1, 0.15) is 0 Å². The molecule has 1 atom stereocenters. The highest BCUT2D eigenvalue weighted by atomic mass is 32.1. The minimum atomic E-state index is -4.52. The van der Waals surface area contributed by atoms with Crippen LogP contribution in [0, 0.1) is 0 Å². The van der Waals surface area contributed by atoms with Gasteiger partial charge in [-0.05, 0) is 6.92 Å². The zero-order valence-electron chi connectivity index (χ0n) is 6.72. The maximum Gasteiger partial charge on any atom is 0.411 e. The van der Waals surface area contributed by atoms with Gasteiger partial charge in [0.25, 0.3) is 0 Å². The van der Waals surface area contributed by atoms with Crippen LogP contribution in [-0.4, -0.2) is 11.2 Å². The topological polar surface area (TPSA) is 64.9 Å². The molecule has 13 heavy (non-hydrogen) atoms. The molecule has 0 aliphatic carbocycles. The second-order valence-electron chi connectivity index (χ2n) is 2.77. The van der Waals surface area contributed by atoms with Crippen LogP contribution in [0.5, 0.6) is 0 Å². The van der Waals surface area contributed by atoms with Crippen LogP contribution in [0.4, 0.5) is 18.3 Å². The van der Waals surface area contributed by atoms with E-state index in [1.807, 2.05) is 0 Å². The number of anilines is 1. The van der Waals surface area contributed by atoms with E-state index in [1.165, 1.54) is 5.38 Å². The van der Waals surface area contributed by atoms with E-state index < -0.39 is 11.7 Å². The number of aromatic nitrogens is 1. The first-order valence-corrected chi connectivity index (χ1v) is 4.20. The summed E-state index contributed by atoms with van der Waals surface area (Å²) in [5.74, 6) is 0. The van der Waals surface area contributed by atoms with E-state index in [1.54, 1.807) is 0 Å². The third kappa shape index (κ3) is 1.75. The minimum Gasteiger partial charge on any atom is -0.375 e. The third-order valence-electron chi connectivity index (χ3n) is 1.64. The van der Waals surface area contributed by atoms with Crippen molar-refractivity contribution in [2.24, 2.45) is 5.73 Å². The standard InChI is InChI=1S/C6H8F3N3S/c1-5(11,6(7,8)9)3-2-13-4(10)12-3/h2H,11H2,1H3,(H2,10,12). The largest absolute Gasteiger partial charge is 0.411 e. The highest BCUT2D eigenvalue weighted by Gasteiger charge is 2.50. The van der Waals surface area contributed by atoms with Crippen molar-refractivity contribution in [1.29, 1.82) is 0 Å². The number of thiazole rings is 1. The molecule has 0 aliphatic rings. The van der Waals surface area contributed by atoms with Crippen molar-refractivity contribution in [1.82, 2.24) is 4.98 Å². The van der Waals surface area contributed by atoms with Crippen LogP contribution >= 0.6 is 11.3 Å². The Morgan fingerprint density at radius 2 is 2.00 bits per heavy atom. The zero-order chi connectivity index (χ0) is 10.3. The van der Waals surface area contributed by atoms with E-state index in [9.17, 15) is 13.2 Å². The summed E-state index contributed by atoms with van der Waals surface area (Å²) in [6.07, 6.45) is -4.52. The van der Waals surface area contributed by atoms with E-state index in [0.29, 0.717) is 0 Å². The Bertz CT molecular complexity index is 304. The number of nitrogens with two attached hydrogens (primary N) is 2. The predicted octanol–water partition coefficient (Wildman–Crippen LogP) is 1.46. The van der Waals surface area contributed by atoms with Gasteiger partial charge in [-0.3, -0.25) is 0 Å². The number of rotatable bonds is 1. The lowest BCUT2D eigenvalue weighted by atomic mass is 10.0. The van der Waals surface area contributed by atoms with Gasteiger partial charge in [0.05, 0.1) is 5.69 Å². The van der Waals surface area contributed by atoms with Crippen LogP contribution in [0.3, 0.4) is 0 Å². The molecule has 1 rings (SSSR count). The average Bonchev–Trinajstić information content (AvgIpc) is 2.33. The summed E-state index contributed by atoms with van der Waals surface area (Å²) in [5, 5.41) is 1.29. The lowest BCUT2D eigenvalue weighted by molar-refractivity contribution is -0.185. The van der Waals surface area contributed by atoms with E-state index in [0.717, 1.165) is 18.3 Å². The molecule has 0 saturated carbocycles. The minimum absolute atomic E-state index is 0.0796. The van der Waals surface area contributed by atoms with Crippen molar-refractivity contribution in [3.8, 4) is 0 Å². The molecule has 4 N–H and O–H groups in total. The Labute approximate surface area is 76.6 Å². The SMILES string of the molecule is CC(N)(c1csc(N)n1)C(F)(F)F. The first-order chi connectivity index (χ1) is 5.75. The van der Waals surface area contributed by atoms with Crippen LogP contribution in [0.2, 0.25) is 0 Å². The van der Waals surface area contributed by atoms with Gasteiger partial charge in [0, 0.05) is 5.38 Å². The highest BCUT2D eigenvalue weighted by Crippen LogP contribution is 2.36. The second kappa shape index (κ2) is 2.85. The first kappa shape index (κ1) is 10.3. The Balaban J connectivity index is 3.07. The van der Waals surface area contributed by atoms with Gasteiger partial charge < -0.3 is 11.5 Å². The van der Waals surface area contributed by atoms with Crippen molar-refractivity contribution in [3.05, 3.63) is 11.1 Å². The smallest absolute Gasteiger partial charge is 0.375 e. The van der Waals surface area contributed by atoms with Crippen molar-refractivity contribution in [2.45, 2.75) is 18.6 Å². The summed E-state index contributed by atoms with van der Waals surface area (Å²) in [7, 11) is 0. The van der Waals surface area contributed by atoms with Gasteiger partial charge in [0.2, 0.25) is 0 Å². The highest BCUT2D eigenvalue weighted by molar-refractivity contribution is 7.13. The van der Waals surface area contributed by atoms with Crippen LogP contribution in [-0.2, 0) is 5.54 Å². The fraction of sp³-hybridized carbons (Fsp3) is 0.500. The Morgan fingerprint density at radius 1 is 1.46 bits per heavy atom. The van der Waals surface area contributed by atoms with Gasteiger partial charge in [-0.15, -0.1) is 11.3 Å². The van der Waals surface area contributed by atoms with Crippen LogP contribution in [0.1, 0.15) is 12.6 Å². The number of nitrogen functional groups attached to an aromatic ring is 1. The monoisotopic (exact) mass is 211 g/mol. The maximum atomic E-state index is 12.3. The van der Waals surface area contributed by atoms with E-state index >= 15 is 0 Å². The van der Waals surface area contributed by atoms with Crippen molar-refractivity contribution in [3.63, 3.8) is 0 Å². The molecular weight excluding hydrogens is 203 g/mol. The molecule has 74 valence electrons. The lowest BCUT2D eigenvalue weighted by Crippen LogP contribution is -2.47. The molecule has 0 aromatic carbocycles. The molecule has 1 unspecified atom stereocenters. The molecule has 0 bridgehead atoms. The summed E-state index contributed by atoms with van der Waals surface area (Å²) in [6, 6.07) is 0. The molecular formula is C6H8F3N3S.